The third-order valence-corrected chi connectivity index (χ3v) is 3.60. The first-order chi connectivity index (χ1) is 9.78. The van der Waals surface area contributed by atoms with Crippen LogP contribution in [0.15, 0.2) is 31.2 Å². The van der Waals surface area contributed by atoms with Gasteiger partial charge in [-0.1, -0.05) is 6.58 Å². The molecule has 0 aliphatic carbocycles. The van der Waals surface area contributed by atoms with Crippen LogP contribution in [0.2, 0.25) is 0 Å². The molecule has 3 heterocycles. The second kappa shape index (κ2) is 5.32. The molecular formula is C14H17N5O. The van der Waals surface area contributed by atoms with E-state index in [0.29, 0.717) is 6.54 Å². The number of carbonyl (C=O) groups excluding carboxylic acids is 1. The molecule has 6 heteroatoms. The van der Waals surface area contributed by atoms with Gasteiger partial charge in [-0.15, -0.1) is 0 Å². The van der Waals surface area contributed by atoms with E-state index in [0.717, 1.165) is 36.2 Å². The highest BCUT2D eigenvalue weighted by molar-refractivity contribution is 5.88. The largest absolute Gasteiger partial charge is 0.365 e. The molecular weight excluding hydrogens is 254 g/mol. The minimum absolute atomic E-state index is 0.00835. The van der Waals surface area contributed by atoms with Crippen LogP contribution in [-0.4, -0.2) is 44.9 Å². The van der Waals surface area contributed by atoms with Gasteiger partial charge in [-0.05, 0) is 25.0 Å². The van der Waals surface area contributed by atoms with E-state index in [1.165, 1.54) is 12.4 Å². The van der Waals surface area contributed by atoms with E-state index in [4.69, 9.17) is 0 Å². The van der Waals surface area contributed by atoms with Crippen LogP contribution < -0.4 is 5.32 Å². The number of likely N-dealkylation sites (tertiary alicyclic amines) is 1. The minimum Gasteiger partial charge on any atom is -0.365 e. The normalized spacial score (nSPS) is 19.0. The molecule has 0 bridgehead atoms. The Morgan fingerprint density at radius 2 is 2.45 bits per heavy atom. The van der Waals surface area contributed by atoms with Gasteiger partial charge in [0.05, 0.1) is 5.39 Å². The fourth-order valence-electron chi connectivity index (χ4n) is 2.60. The predicted octanol–water partition coefficient (Wildman–Crippen LogP) is 1.55. The zero-order valence-electron chi connectivity index (χ0n) is 11.2. The number of H-pyrrole nitrogens is 1. The van der Waals surface area contributed by atoms with Crippen molar-refractivity contribution in [2.75, 3.05) is 18.4 Å². The van der Waals surface area contributed by atoms with Crippen molar-refractivity contribution in [1.29, 1.82) is 0 Å². The summed E-state index contributed by atoms with van der Waals surface area (Å²) >= 11 is 0. The molecule has 1 saturated heterocycles. The maximum Gasteiger partial charge on any atom is 0.246 e. The van der Waals surface area contributed by atoms with Crippen LogP contribution >= 0.6 is 0 Å². The minimum atomic E-state index is -0.00835. The van der Waals surface area contributed by atoms with E-state index in [-0.39, 0.29) is 11.9 Å². The summed E-state index contributed by atoms with van der Waals surface area (Å²) in [7, 11) is 0. The van der Waals surface area contributed by atoms with Crippen molar-refractivity contribution in [2.24, 2.45) is 0 Å². The highest BCUT2D eigenvalue weighted by atomic mass is 16.2. The lowest BCUT2D eigenvalue weighted by Gasteiger charge is -2.32. The van der Waals surface area contributed by atoms with Gasteiger partial charge in [0, 0.05) is 25.3 Å². The lowest BCUT2D eigenvalue weighted by molar-refractivity contribution is -0.127. The first kappa shape index (κ1) is 12.7. The Balaban J connectivity index is 1.75. The molecule has 0 saturated carbocycles. The van der Waals surface area contributed by atoms with Crippen molar-refractivity contribution in [3.63, 3.8) is 0 Å². The quantitative estimate of drug-likeness (QED) is 0.831. The number of carbonyl (C=O) groups is 1. The first-order valence-electron chi connectivity index (χ1n) is 6.74. The average Bonchev–Trinajstić information content (AvgIpc) is 2.96. The lowest BCUT2D eigenvalue weighted by atomic mass is 10.1. The van der Waals surface area contributed by atoms with Gasteiger partial charge in [0.15, 0.2) is 0 Å². The van der Waals surface area contributed by atoms with E-state index in [2.05, 4.69) is 26.8 Å². The second-order valence-electron chi connectivity index (χ2n) is 4.93. The number of nitrogens with zero attached hydrogens (tertiary/aromatic N) is 3. The standard InChI is InChI=1S/C14H17N5O/c1-2-12(20)19-7-3-4-10(8-19)18-14-11-5-6-15-13(11)16-9-17-14/h2,5-6,9-10H,1,3-4,7-8H2,(H2,15,16,17,18)/t10-/m1/s1. The number of hydrogen-bond acceptors (Lipinski definition) is 4. The van der Waals surface area contributed by atoms with E-state index >= 15 is 0 Å². The Morgan fingerprint density at radius 3 is 3.30 bits per heavy atom. The number of nitrogens with one attached hydrogen (secondary N) is 2. The zero-order valence-corrected chi connectivity index (χ0v) is 11.2. The van der Waals surface area contributed by atoms with E-state index < -0.39 is 0 Å². The summed E-state index contributed by atoms with van der Waals surface area (Å²) in [5.41, 5.74) is 0.817. The monoisotopic (exact) mass is 271 g/mol. The average molecular weight is 271 g/mol. The number of piperidine rings is 1. The van der Waals surface area contributed by atoms with Crippen LogP contribution in [0.25, 0.3) is 11.0 Å². The Hall–Kier alpha value is -2.37. The van der Waals surface area contributed by atoms with Crippen molar-refractivity contribution in [1.82, 2.24) is 19.9 Å². The van der Waals surface area contributed by atoms with Gasteiger partial charge in [-0.3, -0.25) is 4.79 Å². The number of rotatable bonds is 3. The Kier molecular flexibility index (Phi) is 3.37. The summed E-state index contributed by atoms with van der Waals surface area (Å²) in [6.45, 7) is 5.02. The van der Waals surface area contributed by atoms with Gasteiger partial charge in [0.1, 0.15) is 17.8 Å². The SMILES string of the molecule is C=CC(=O)N1CCC[C@@H](Nc2ncnc3[nH]ccc23)C1. The lowest BCUT2D eigenvalue weighted by Crippen LogP contribution is -2.44. The highest BCUT2D eigenvalue weighted by Crippen LogP contribution is 2.21. The molecule has 0 spiro atoms. The van der Waals surface area contributed by atoms with Gasteiger partial charge in [-0.2, -0.15) is 0 Å². The number of hydrogen-bond donors (Lipinski definition) is 2. The van der Waals surface area contributed by atoms with Crippen LogP contribution in [-0.2, 0) is 4.79 Å². The van der Waals surface area contributed by atoms with Gasteiger partial charge in [0.25, 0.3) is 0 Å². The number of fused-ring (bicyclic) bond motifs is 1. The summed E-state index contributed by atoms with van der Waals surface area (Å²) in [4.78, 5) is 25.0. The Labute approximate surface area is 116 Å². The molecule has 2 aromatic heterocycles. The first-order valence-corrected chi connectivity index (χ1v) is 6.74. The van der Waals surface area contributed by atoms with Crippen LogP contribution in [0.1, 0.15) is 12.8 Å². The van der Waals surface area contributed by atoms with Gasteiger partial charge >= 0.3 is 0 Å². The Morgan fingerprint density at radius 1 is 1.55 bits per heavy atom. The molecule has 20 heavy (non-hydrogen) atoms. The number of aromatic nitrogens is 3. The molecule has 0 aromatic carbocycles. The molecule has 2 aromatic rings. The van der Waals surface area contributed by atoms with Crippen LogP contribution in [0.5, 0.6) is 0 Å². The number of aromatic amines is 1. The molecule has 0 radical (unpaired) electrons. The summed E-state index contributed by atoms with van der Waals surface area (Å²) < 4.78 is 0. The van der Waals surface area contributed by atoms with Crippen LogP contribution in [0.3, 0.4) is 0 Å². The number of amides is 1. The number of anilines is 1. The van der Waals surface area contributed by atoms with Gasteiger partial charge in [0.2, 0.25) is 5.91 Å². The molecule has 1 fully saturated rings. The fourth-order valence-corrected chi connectivity index (χ4v) is 2.60. The fraction of sp³-hybridized carbons (Fsp3) is 0.357. The highest BCUT2D eigenvalue weighted by Gasteiger charge is 2.22. The van der Waals surface area contributed by atoms with Crippen molar-refractivity contribution in [3.05, 3.63) is 31.2 Å². The molecule has 3 rings (SSSR count). The van der Waals surface area contributed by atoms with E-state index in [9.17, 15) is 4.79 Å². The third kappa shape index (κ3) is 2.36. The summed E-state index contributed by atoms with van der Waals surface area (Å²) in [6, 6.07) is 2.16. The summed E-state index contributed by atoms with van der Waals surface area (Å²) in [5, 5.41) is 4.39. The molecule has 2 N–H and O–H groups in total. The van der Waals surface area contributed by atoms with Crippen LogP contribution in [0.4, 0.5) is 5.82 Å². The zero-order chi connectivity index (χ0) is 13.9. The predicted molar refractivity (Wildman–Crippen MR) is 77.3 cm³/mol. The maximum atomic E-state index is 11.7. The van der Waals surface area contributed by atoms with Crippen molar-refractivity contribution in [3.8, 4) is 0 Å². The van der Waals surface area contributed by atoms with E-state index in [1.54, 1.807) is 0 Å². The molecule has 1 aliphatic rings. The maximum absolute atomic E-state index is 11.7. The molecule has 1 aliphatic heterocycles. The van der Waals surface area contributed by atoms with Crippen molar-refractivity contribution >= 4 is 22.8 Å². The summed E-state index contributed by atoms with van der Waals surface area (Å²) in [5.74, 6) is 0.806. The Bertz CT molecular complexity index is 635. The van der Waals surface area contributed by atoms with Crippen molar-refractivity contribution in [2.45, 2.75) is 18.9 Å². The van der Waals surface area contributed by atoms with Gasteiger partial charge in [-0.25, -0.2) is 9.97 Å². The molecule has 6 nitrogen and oxygen atoms in total. The van der Waals surface area contributed by atoms with Crippen molar-refractivity contribution < 1.29 is 4.79 Å². The second-order valence-corrected chi connectivity index (χ2v) is 4.93. The third-order valence-electron chi connectivity index (χ3n) is 3.60. The van der Waals surface area contributed by atoms with Gasteiger partial charge < -0.3 is 15.2 Å². The van der Waals surface area contributed by atoms with Crippen LogP contribution in [0, 0.1) is 0 Å². The molecule has 1 atom stereocenters. The topological polar surface area (TPSA) is 73.9 Å². The van der Waals surface area contributed by atoms with E-state index in [1.807, 2.05) is 17.2 Å². The summed E-state index contributed by atoms with van der Waals surface area (Å²) in [6.07, 6.45) is 6.77. The smallest absolute Gasteiger partial charge is 0.246 e. The molecule has 0 unspecified atom stereocenters. The molecule has 104 valence electrons. The molecule has 1 amide bonds.